The zero-order valence-corrected chi connectivity index (χ0v) is 23.0. The molecule has 2 fully saturated rings. The van der Waals surface area contributed by atoms with E-state index in [1.165, 1.54) is 46.5 Å². The van der Waals surface area contributed by atoms with Gasteiger partial charge in [0.25, 0.3) is 23.7 Å². The minimum Gasteiger partial charge on any atom is -0.335 e. The van der Waals surface area contributed by atoms with Gasteiger partial charge in [0.15, 0.2) is 10.1 Å². The molecule has 2 aliphatic rings. The van der Waals surface area contributed by atoms with Crippen molar-refractivity contribution in [3.05, 3.63) is 78.3 Å². The van der Waals surface area contributed by atoms with Crippen molar-refractivity contribution in [2.45, 2.75) is 19.3 Å². The van der Waals surface area contributed by atoms with E-state index in [4.69, 9.17) is 23.2 Å². The fourth-order valence-electron chi connectivity index (χ4n) is 4.47. The van der Waals surface area contributed by atoms with Gasteiger partial charge in [-0.15, -0.1) is 0 Å². The molecule has 2 amide bonds. The van der Waals surface area contributed by atoms with Crippen LogP contribution in [0.5, 0.6) is 0 Å². The largest absolute Gasteiger partial charge is 0.335 e. The van der Waals surface area contributed by atoms with Crippen molar-refractivity contribution in [3.63, 3.8) is 0 Å². The summed E-state index contributed by atoms with van der Waals surface area (Å²) in [5, 5.41) is 28.0. The molecule has 18 heteroatoms. The molecule has 0 unspecified atom stereocenters. The molecular formula is C23H24Cl2N10O6. The SMILES string of the molecule is O=C(c1ccc(Cl)nc1)N1CCN(CCCCCN2CCN(C(=O)c3ccc(Cl)nc3)C2=N[N+](=O)[O-])C1=N[N+](=O)[O-]. The highest BCUT2D eigenvalue weighted by molar-refractivity contribution is 6.29. The van der Waals surface area contributed by atoms with Crippen LogP contribution in [0.4, 0.5) is 0 Å². The fourth-order valence-corrected chi connectivity index (χ4v) is 4.69. The summed E-state index contributed by atoms with van der Waals surface area (Å²) in [6.45, 7) is 1.97. The lowest BCUT2D eigenvalue weighted by atomic mass is 10.2. The first kappa shape index (κ1) is 29.5. The van der Waals surface area contributed by atoms with E-state index in [2.05, 4.69) is 20.2 Å². The lowest BCUT2D eigenvalue weighted by Gasteiger charge is -2.21. The minimum atomic E-state index is -0.843. The van der Waals surface area contributed by atoms with E-state index in [1.807, 2.05) is 0 Å². The number of nitro groups is 2. The number of hydrazone groups is 2. The summed E-state index contributed by atoms with van der Waals surface area (Å²) in [7, 11) is 0. The van der Waals surface area contributed by atoms with Crippen molar-refractivity contribution in [2.24, 2.45) is 10.2 Å². The number of guanidine groups is 2. The number of unbranched alkanes of at least 4 members (excludes halogenated alkanes) is 2. The van der Waals surface area contributed by atoms with Crippen molar-refractivity contribution >= 4 is 46.9 Å². The monoisotopic (exact) mass is 606 g/mol. The summed E-state index contributed by atoms with van der Waals surface area (Å²) < 4.78 is 0. The van der Waals surface area contributed by atoms with Gasteiger partial charge in [0.2, 0.25) is 0 Å². The summed E-state index contributed by atoms with van der Waals surface area (Å²) in [6, 6.07) is 5.89. The Morgan fingerprint density at radius 2 is 1.15 bits per heavy atom. The summed E-state index contributed by atoms with van der Waals surface area (Å²) in [4.78, 5) is 61.8. The third-order valence-corrected chi connectivity index (χ3v) is 6.82. The van der Waals surface area contributed by atoms with Gasteiger partial charge < -0.3 is 9.80 Å². The average Bonchev–Trinajstić information content (AvgIpc) is 3.51. The van der Waals surface area contributed by atoms with E-state index in [-0.39, 0.29) is 46.4 Å². The molecule has 0 aromatic carbocycles. The molecular weight excluding hydrogens is 583 g/mol. The van der Waals surface area contributed by atoms with Crippen LogP contribution in [0.2, 0.25) is 10.3 Å². The van der Waals surface area contributed by atoms with E-state index >= 15 is 0 Å². The Labute approximate surface area is 243 Å². The summed E-state index contributed by atoms with van der Waals surface area (Å²) in [5.74, 6) is -1.06. The van der Waals surface area contributed by atoms with Crippen LogP contribution in [0.15, 0.2) is 46.9 Å². The molecule has 2 aromatic heterocycles. The quantitative estimate of drug-likeness (QED) is 0.168. The Morgan fingerprint density at radius 3 is 1.49 bits per heavy atom. The minimum absolute atomic E-state index is 0.0549. The van der Waals surface area contributed by atoms with Crippen molar-refractivity contribution in [1.29, 1.82) is 0 Å². The van der Waals surface area contributed by atoms with E-state index in [9.17, 15) is 29.8 Å². The van der Waals surface area contributed by atoms with Gasteiger partial charge in [-0.05, 0) is 43.5 Å². The smallest absolute Gasteiger partial charge is 0.281 e. The predicted molar refractivity (Wildman–Crippen MR) is 146 cm³/mol. The number of rotatable bonds is 10. The highest BCUT2D eigenvalue weighted by Gasteiger charge is 2.36. The van der Waals surface area contributed by atoms with Crippen LogP contribution in [-0.2, 0) is 0 Å². The number of hydrogen-bond acceptors (Lipinski definition) is 8. The zero-order valence-electron chi connectivity index (χ0n) is 21.5. The molecule has 2 aliphatic heterocycles. The molecule has 0 bridgehead atoms. The molecule has 2 saturated heterocycles. The molecule has 0 spiro atoms. The number of aromatic nitrogens is 2. The Morgan fingerprint density at radius 1 is 0.732 bits per heavy atom. The van der Waals surface area contributed by atoms with Gasteiger partial charge in [0.05, 0.1) is 11.1 Å². The van der Waals surface area contributed by atoms with Crippen molar-refractivity contribution in [1.82, 2.24) is 29.6 Å². The van der Waals surface area contributed by atoms with E-state index in [0.29, 0.717) is 45.4 Å². The topological polar surface area (TPSA) is 184 Å². The second kappa shape index (κ2) is 13.3. The molecule has 0 saturated carbocycles. The van der Waals surface area contributed by atoms with E-state index in [1.54, 1.807) is 9.80 Å². The lowest BCUT2D eigenvalue weighted by molar-refractivity contribution is -0.486. The molecule has 0 atom stereocenters. The van der Waals surface area contributed by atoms with Gasteiger partial charge >= 0.3 is 0 Å². The fraction of sp³-hybridized carbons (Fsp3) is 0.391. The highest BCUT2D eigenvalue weighted by atomic mass is 35.5. The second-order valence-corrected chi connectivity index (χ2v) is 9.74. The number of halogens is 2. The van der Waals surface area contributed by atoms with Gasteiger partial charge in [-0.25, -0.2) is 30.2 Å². The predicted octanol–water partition coefficient (Wildman–Crippen LogP) is 2.26. The van der Waals surface area contributed by atoms with Crippen LogP contribution in [0.3, 0.4) is 0 Å². The molecule has 2 aromatic rings. The Balaban J connectivity index is 1.32. The Hall–Kier alpha value is -4.44. The van der Waals surface area contributed by atoms with Crippen molar-refractivity contribution < 1.29 is 19.7 Å². The maximum Gasteiger partial charge on any atom is 0.281 e. The van der Waals surface area contributed by atoms with Gasteiger partial charge in [-0.3, -0.25) is 19.4 Å². The number of carbonyl (C=O) groups excluding carboxylic acids is 2. The molecule has 41 heavy (non-hydrogen) atoms. The van der Waals surface area contributed by atoms with Crippen LogP contribution in [-0.4, -0.2) is 103 Å². The van der Waals surface area contributed by atoms with Crippen LogP contribution in [0, 0.1) is 20.2 Å². The number of amides is 2. The van der Waals surface area contributed by atoms with Crippen LogP contribution >= 0.6 is 23.2 Å². The highest BCUT2D eigenvalue weighted by Crippen LogP contribution is 2.18. The third kappa shape index (κ3) is 7.40. The van der Waals surface area contributed by atoms with E-state index < -0.39 is 21.9 Å². The normalized spacial score (nSPS) is 17.1. The lowest BCUT2D eigenvalue weighted by Crippen LogP contribution is -2.39. The molecule has 216 valence electrons. The van der Waals surface area contributed by atoms with Crippen molar-refractivity contribution in [2.75, 3.05) is 39.3 Å². The number of carbonyl (C=O) groups is 2. The third-order valence-electron chi connectivity index (χ3n) is 6.37. The average molecular weight is 607 g/mol. The molecule has 0 radical (unpaired) electrons. The molecule has 16 nitrogen and oxygen atoms in total. The van der Waals surface area contributed by atoms with E-state index in [0.717, 1.165) is 0 Å². The second-order valence-electron chi connectivity index (χ2n) is 8.96. The summed E-state index contributed by atoms with van der Waals surface area (Å²) in [5.41, 5.74) is 0.454. The molecule has 4 heterocycles. The van der Waals surface area contributed by atoms with Crippen LogP contribution < -0.4 is 0 Å². The van der Waals surface area contributed by atoms with Gasteiger partial charge in [0.1, 0.15) is 20.5 Å². The first-order valence-corrected chi connectivity index (χ1v) is 13.2. The maximum atomic E-state index is 12.9. The van der Waals surface area contributed by atoms with Gasteiger partial charge in [0, 0.05) is 51.7 Å². The zero-order chi connectivity index (χ0) is 29.5. The Bertz CT molecular complexity index is 1270. The summed E-state index contributed by atoms with van der Waals surface area (Å²) in [6.07, 6.45) is 4.47. The number of pyridine rings is 2. The maximum absolute atomic E-state index is 12.9. The molecule has 4 rings (SSSR count). The molecule has 0 aliphatic carbocycles. The van der Waals surface area contributed by atoms with Crippen LogP contribution in [0.25, 0.3) is 0 Å². The molecule has 0 N–H and O–H groups in total. The van der Waals surface area contributed by atoms with Crippen LogP contribution in [0.1, 0.15) is 40.0 Å². The van der Waals surface area contributed by atoms with Crippen molar-refractivity contribution in [3.8, 4) is 0 Å². The van der Waals surface area contributed by atoms with Gasteiger partial charge in [-0.2, -0.15) is 0 Å². The number of hydrogen-bond donors (Lipinski definition) is 0. The Kier molecular flexibility index (Phi) is 9.57. The first-order chi connectivity index (χ1) is 19.6. The standard InChI is InChI=1S/C23H24Cl2N10O6/c24-18-6-4-16(14-26-18)20(36)32-12-10-30(22(32)28-34(38)39)8-2-1-3-9-31-11-13-33(23(31)29-35(40)41)21(37)17-5-7-19(25)27-15-17/h4-7,14-15H,1-3,8-13H2. The summed E-state index contributed by atoms with van der Waals surface area (Å²) >= 11 is 11.6. The first-order valence-electron chi connectivity index (χ1n) is 12.5. The van der Waals surface area contributed by atoms with Gasteiger partial charge in [-0.1, -0.05) is 23.2 Å². The number of nitrogens with zero attached hydrogens (tertiary/aromatic N) is 10.